The summed E-state index contributed by atoms with van der Waals surface area (Å²) >= 11 is 0. The van der Waals surface area contributed by atoms with Gasteiger partial charge in [-0.25, -0.2) is 4.79 Å². The summed E-state index contributed by atoms with van der Waals surface area (Å²) in [6, 6.07) is 13.4. The minimum absolute atomic E-state index is 0.0270. The molecule has 0 saturated heterocycles. The fourth-order valence-corrected chi connectivity index (χ4v) is 2.61. The lowest BCUT2D eigenvalue weighted by atomic mass is 10.1. The smallest absolute Gasteiger partial charge is 0.349 e. The lowest BCUT2D eigenvalue weighted by Gasteiger charge is -2.11. The molecule has 0 fully saturated rings. The van der Waals surface area contributed by atoms with Crippen LogP contribution in [0.1, 0.15) is 25.3 Å². The molecule has 2 aromatic carbocycles. The Balaban J connectivity index is 2.03. The maximum absolute atomic E-state index is 12.2. The number of methoxy groups -OCH3 is 2. The highest BCUT2D eigenvalue weighted by molar-refractivity contribution is 6.01. The quantitative estimate of drug-likeness (QED) is 0.188. The molecule has 32 heavy (non-hydrogen) atoms. The molecule has 0 spiro atoms. The zero-order valence-electron chi connectivity index (χ0n) is 18.3. The minimum Gasteiger partial charge on any atom is -0.497 e. The van der Waals surface area contributed by atoms with Gasteiger partial charge >= 0.3 is 5.97 Å². The molecule has 0 aliphatic carbocycles. The summed E-state index contributed by atoms with van der Waals surface area (Å²) in [5.74, 6) is 0.592. The van der Waals surface area contributed by atoms with Crippen molar-refractivity contribution in [1.29, 1.82) is 5.26 Å². The molecule has 1 amide bonds. The van der Waals surface area contributed by atoms with Crippen molar-refractivity contribution < 1.29 is 28.5 Å². The number of amides is 1. The minimum atomic E-state index is -0.615. The molecule has 0 unspecified atom stereocenters. The summed E-state index contributed by atoms with van der Waals surface area (Å²) in [5.41, 5.74) is 0.527. The molecule has 8 heteroatoms. The van der Waals surface area contributed by atoms with Crippen LogP contribution in [0.25, 0.3) is 6.08 Å². The van der Waals surface area contributed by atoms with E-state index in [9.17, 15) is 14.9 Å². The SMILES string of the molecule is CCCCNC(=O)/C(C#N)=C/c1ccc(OC(=O)COc2ccc(OC)cc2)c(OC)c1. The Morgan fingerprint density at radius 1 is 1.03 bits per heavy atom. The average molecular weight is 438 g/mol. The predicted octanol–water partition coefficient (Wildman–Crippen LogP) is 3.51. The van der Waals surface area contributed by atoms with Crippen LogP contribution in [0.3, 0.4) is 0 Å². The van der Waals surface area contributed by atoms with Crippen molar-refractivity contribution in [1.82, 2.24) is 5.32 Å². The Kier molecular flexibility index (Phi) is 9.60. The molecule has 0 aliphatic rings. The topological polar surface area (TPSA) is 107 Å². The van der Waals surface area contributed by atoms with Gasteiger partial charge in [-0.2, -0.15) is 5.26 Å². The molecule has 1 N–H and O–H groups in total. The van der Waals surface area contributed by atoms with Crippen molar-refractivity contribution in [2.75, 3.05) is 27.4 Å². The number of ether oxygens (including phenoxy) is 4. The molecule has 0 aliphatic heterocycles. The largest absolute Gasteiger partial charge is 0.497 e. The fraction of sp³-hybridized carbons (Fsp3) is 0.292. The Bertz CT molecular complexity index is 993. The van der Waals surface area contributed by atoms with Crippen molar-refractivity contribution in [2.45, 2.75) is 19.8 Å². The number of carbonyl (C=O) groups is 2. The first-order valence-electron chi connectivity index (χ1n) is 10.1. The molecule has 0 aromatic heterocycles. The van der Waals surface area contributed by atoms with E-state index in [4.69, 9.17) is 18.9 Å². The van der Waals surface area contributed by atoms with Gasteiger partial charge in [0.1, 0.15) is 23.1 Å². The highest BCUT2D eigenvalue weighted by atomic mass is 16.6. The third kappa shape index (κ3) is 7.36. The van der Waals surface area contributed by atoms with E-state index in [1.54, 1.807) is 43.5 Å². The molecular formula is C24H26N2O6. The summed E-state index contributed by atoms with van der Waals surface area (Å²) in [4.78, 5) is 24.3. The monoisotopic (exact) mass is 438 g/mol. The van der Waals surface area contributed by atoms with Crippen LogP contribution < -0.4 is 24.3 Å². The third-order valence-corrected chi connectivity index (χ3v) is 4.32. The molecule has 168 valence electrons. The van der Waals surface area contributed by atoms with Gasteiger partial charge < -0.3 is 24.3 Å². The molecule has 2 aromatic rings. The Hall–Kier alpha value is -3.99. The van der Waals surface area contributed by atoms with E-state index in [2.05, 4.69) is 5.32 Å². The van der Waals surface area contributed by atoms with Crippen molar-refractivity contribution in [3.8, 4) is 29.1 Å². The van der Waals surface area contributed by atoms with Crippen molar-refractivity contribution in [3.05, 3.63) is 53.6 Å². The number of nitriles is 1. The number of unbranched alkanes of at least 4 members (excludes halogenated alkanes) is 1. The Morgan fingerprint density at radius 3 is 2.38 bits per heavy atom. The van der Waals surface area contributed by atoms with E-state index in [-0.39, 0.29) is 23.7 Å². The lowest BCUT2D eigenvalue weighted by molar-refractivity contribution is -0.136. The molecular weight excluding hydrogens is 412 g/mol. The number of hydrogen-bond donors (Lipinski definition) is 1. The second kappa shape index (κ2) is 12.6. The maximum Gasteiger partial charge on any atom is 0.349 e. The first kappa shape index (κ1) is 24.3. The molecule has 0 radical (unpaired) electrons. The van der Waals surface area contributed by atoms with Crippen molar-refractivity contribution in [3.63, 3.8) is 0 Å². The molecule has 2 rings (SSSR count). The number of esters is 1. The summed E-state index contributed by atoms with van der Waals surface area (Å²) in [6.07, 6.45) is 3.22. The molecule has 0 bridgehead atoms. The highest BCUT2D eigenvalue weighted by Gasteiger charge is 2.13. The Labute approximate surface area is 187 Å². The van der Waals surface area contributed by atoms with Gasteiger partial charge in [0.2, 0.25) is 0 Å². The second-order valence-electron chi connectivity index (χ2n) is 6.63. The van der Waals surface area contributed by atoms with Crippen LogP contribution in [0.5, 0.6) is 23.0 Å². The number of nitrogens with one attached hydrogen (secondary N) is 1. The van der Waals surface area contributed by atoms with Gasteiger partial charge in [-0.15, -0.1) is 0 Å². The lowest BCUT2D eigenvalue weighted by Crippen LogP contribution is -2.25. The van der Waals surface area contributed by atoms with Gasteiger partial charge in [-0.1, -0.05) is 19.4 Å². The van der Waals surface area contributed by atoms with Crippen LogP contribution in [0, 0.1) is 11.3 Å². The van der Waals surface area contributed by atoms with Crippen LogP contribution >= 0.6 is 0 Å². The van der Waals surface area contributed by atoms with E-state index < -0.39 is 11.9 Å². The number of nitrogens with zero attached hydrogens (tertiary/aromatic N) is 1. The maximum atomic E-state index is 12.2. The van der Waals surface area contributed by atoms with E-state index in [1.807, 2.05) is 13.0 Å². The third-order valence-electron chi connectivity index (χ3n) is 4.32. The normalized spacial score (nSPS) is 10.6. The number of carbonyl (C=O) groups excluding carboxylic acids is 2. The molecule has 8 nitrogen and oxygen atoms in total. The summed E-state index contributed by atoms with van der Waals surface area (Å²) in [5, 5.41) is 12.0. The zero-order chi connectivity index (χ0) is 23.3. The predicted molar refractivity (Wildman–Crippen MR) is 119 cm³/mol. The zero-order valence-corrected chi connectivity index (χ0v) is 18.3. The van der Waals surface area contributed by atoms with Gasteiger partial charge in [0.25, 0.3) is 5.91 Å². The average Bonchev–Trinajstić information content (AvgIpc) is 2.82. The standard InChI is InChI=1S/C24H26N2O6/c1-4-5-12-26-24(28)18(15-25)13-17-6-11-21(22(14-17)30-3)32-23(27)16-31-20-9-7-19(29-2)8-10-20/h6-11,13-14H,4-5,12,16H2,1-3H3,(H,26,28)/b18-13+. The second-order valence-corrected chi connectivity index (χ2v) is 6.63. The fourth-order valence-electron chi connectivity index (χ4n) is 2.61. The highest BCUT2D eigenvalue weighted by Crippen LogP contribution is 2.29. The number of rotatable bonds is 11. The van der Waals surface area contributed by atoms with E-state index in [0.29, 0.717) is 23.6 Å². The van der Waals surface area contributed by atoms with Gasteiger partial charge in [-0.05, 0) is 54.5 Å². The number of benzene rings is 2. The van der Waals surface area contributed by atoms with Gasteiger partial charge in [0.05, 0.1) is 14.2 Å². The van der Waals surface area contributed by atoms with Crippen LogP contribution in [0.15, 0.2) is 48.0 Å². The summed E-state index contributed by atoms with van der Waals surface area (Å²) < 4.78 is 21.1. The van der Waals surface area contributed by atoms with Gasteiger partial charge in [-0.3, -0.25) is 4.79 Å². The van der Waals surface area contributed by atoms with Crippen LogP contribution in [-0.4, -0.2) is 39.2 Å². The van der Waals surface area contributed by atoms with E-state index in [1.165, 1.54) is 19.3 Å². The molecule has 0 saturated carbocycles. The van der Waals surface area contributed by atoms with E-state index >= 15 is 0 Å². The van der Waals surface area contributed by atoms with E-state index in [0.717, 1.165) is 12.8 Å². The van der Waals surface area contributed by atoms with Crippen molar-refractivity contribution >= 4 is 18.0 Å². The van der Waals surface area contributed by atoms with Crippen LogP contribution in [0.4, 0.5) is 0 Å². The Morgan fingerprint density at radius 2 is 1.75 bits per heavy atom. The first-order chi connectivity index (χ1) is 15.5. The molecule has 0 atom stereocenters. The van der Waals surface area contributed by atoms with Gasteiger partial charge in [0, 0.05) is 6.54 Å². The number of hydrogen-bond acceptors (Lipinski definition) is 7. The van der Waals surface area contributed by atoms with Gasteiger partial charge in [0.15, 0.2) is 18.1 Å². The molecule has 0 heterocycles. The van der Waals surface area contributed by atoms with Crippen LogP contribution in [-0.2, 0) is 9.59 Å². The summed E-state index contributed by atoms with van der Waals surface area (Å²) in [7, 11) is 2.99. The summed E-state index contributed by atoms with van der Waals surface area (Å²) in [6.45, 7) is 2.22. The van der Waals surface area contributed by atoms with Crippen LogP contribution in [0.2, 0.25) is 0 Å². The van der Waals surface area contributed by atoms with Crippen molar-refractivity contribution in [2.24, 2.45) is 0 Å². The first-order valence-corrected chi connectivity index (χ1v) is 10.1.